The van der Waals surface area contributed by atoms with Crippen molar-refractivity contribution in [1.82, 2.24) is 9.71 Å². The zero-order valence-electron chi connectivity index (χ0n) is 10.8. The normalized spacial score (nSPS) is 11.9. The zero-order valence-corrected chi connectivity index (χ0v) is 12.5. The van der Waals surface area contributed by atoms with Crippen LogP contribution in [0.4, 0.5) is 0 Å². The molecule has 0 aliphatic heterocycles. The molecule has 0 aliphatic rings. The van der Waals surface area contributed by atoms with E-state index in [1.807, 2.05) is 13.0 Å². The molecule has 0 saturated carbocycles. The molecule has 7 heteroatoms. The van der Waals surface area contributed by atoms with Crippen molar-refractivity contribution in [3.8, 4) is 0 Å². The summed E-state index contributed by atoms with van der Waals surface area (Å²) in [5.74, 6) is 0.587. The number of hydrogen-bond donors (Lipinski definition) is 1. The minimum Gasteiger partial charge on any atom is -0.449 e. The molecule has 0 saturated heterocycles. The molecule has 0 radical (unpaired) electrons. The highest BCUT2D eigenvalue weighted by Crippen LogP contribution is 2.21. The summed E-state index contributed by atoms with van der Waals surface area (Å²) in [6, 6.07) is 3.49. The summed E-state index contributed by atoms with van der Waals surface area (Å²) in [6.07, 6.45) is 2.91. The first-order valence-electron chi connectivity index (χ1n) is 6.00. The summed E-state index contributed by atoms with van der Waals surface area (Å²) < 4.78 is 32.0. The third-order valence-corrected chi connectivity index (χ3v) is 5.77. The zero-order chi connectivity index (χ0) is 13.9. The lowest BCUT2D eigenvalue weighted by Gasteiger charge is -2.02. The van der Waals surface area contributed by atoms with Crippen LogP contribution in [0, 0.1) is 6.92 Å². The van der Waals surface area contributed by atoms with Gasteiger partial charge in [-0.25, -0.2) is 18.1 Å². The Morgan fingerprint density at radius 2 is 2.21 bits per heavy atom. The molecule has 2 aromatic heterocycles. The van der Waals surface area contributed by atoms with Crippen molar-refractivity contribution >= 4 is 21.4 Å². The highest BCUT2D eigenvalue weighted by atomic mass is 32.2. The minimum absolute atomic E-state index is 0.313. The Morgan fingerprint density at radius 1 is 1.42 bits per heavy atom. The number of thiophene rings is 1. The van der Waals surface area contributed by atoms with Gasteiger partial charge in [-0.1, -0.05) is 6.92 Å². The van der Waals surface area contributed by atoms with Gasteiger partial charge < -0.3 is 4.42 Å². The Morgan fingerprint density at radius 3 is 2.79 bits per heavy atom. The maximum absolute atomic E-state index is 12.0. The van der Waals surface area contributed by atoms with Crippen molar-refractivity contribution < 1.29 is 12.8 Å². The summed E-state index contributed by atoms with van der Waals surface area (Å²) >= 11 is 1.31. The van der Waals surface area contributed by atoms with E-state index in [1.165, 1.54) is 11.3 Å². The van der Waals surface area contributed by atoms with Gasteiger partial charge in [-0.15, -0.1) is 11.3 Å². The Balaban J connectivity index is 1.94. The molecule has 2 rings (SSSR count). The molecule has 19 heavy (non-hydrogen) atoms. The lowest BCUT2D eigenvalue weighted by molar-refractivity contribution is 0.520. The van der Waals surface area contributed by atoms with E-state index in [1.54, 1.807) is 19.3 Å². The summed E-state index contributed by atoms with van der Waals surface area (Å²) in [5, 5.41) is 0. The van der Waals surface area contributed by atoms with Crippen molar-refractivity contribution in [1.29, 1.82) is 0 Å². The molecule has 2 heterocycles. The predicted octanol–water partition coefficient (Wildman–Crippen LogP) is 2.13. The summed E-state index contributed by atoms with van der Waals surface area (Å²) in [7, 11) is -3.40. The van der Waals surface area contributed by atoms with Crippen LogP contribution in [0.25, 0.3) is 0 Å². The Kier molecular flexibility index (Phi) is 4.38. The average molecular weight is 300 g/mol. The molecule has 0 spiro atoms. The molecule has 0 aliphatic carbocycles. The molecule has 0 unspecified atom stereocenters. The fraction of sp³-hybridized carbons (Fsp3) is 0.417. The first-order valence-corrected chi connectivity index (χ1v) is 8.30. The SMILES string of the molecule is CCc1ccc(S(=O)(=O)NCCc2coc(C)n2)s1. The molecule has 0 atom stereocenters. The first-order chi connectivity index (χ1) is 9.01. The molecule has 0 fully saturated rings. The van der Waals surface area contributed by atoms with Crippen LogP contribution in [-0.2, 0) is 22.9 Å². The topological polar surface area (TPSA) is 72.2 Å². The van der Waals surface area contributed by atoms with Gasteiger partial charge in [0.15, 0.2) is 5.89 Å². The average Bonchev–Trinajstić information content (AvgIpc) is 2.98. The van der Waals surface area contributed by atoms with Gasteiger partial charge in [-0.3, -0.25) is 0 Å². The molecule has 2 aromatic rings. The van der Waals surface area contributed by atoms with Crippen LogP contribution in [0.5, 0.6) is 0 Å². The number of aromatic nitrogens is 1. The number of rotatable bonds is 6. The van der Waals surface area contributed by atoms with Crippen LogP contribution in [0.3, 0.4) is 0 Å². The predicted molar refractivity (Wildman–Crippen MR) is 73.8 cm³/mol. The van der Waals surface area contributed by atoms with E-state index in [4.69, 9.17) is 4.42 Å². The van der Waals surface area contributed by atoms with Gasteiger partial charge in [-0.05, 0) is 18.6 Å². The summed E-state index contributed by atoms with van der Waals surface area (Å²) in [4.78, 5) is 5.18. The van der Waals surface area contributed by atoms with E-state index in [0.717, 1.165) is 17.0 Å². The highest BCUT2D eigenvalue weighted by molar-refractivity contribution is 7.91. The third kappa shape index (κ3) is 3.65. The molecular weight excluding hydrogens is 284 g/mol. The van der Waals surface area contributed by atoms with Gasteiger partial charge in [0.05, 0.1) is 5.69 Å². The quantitative estimate of drug-likeness (QED) is 0.887. The lowest BCUT2D eigenvalue weighted by Crippen LogP contribution is -2.25. The van der Waals surface area contributed by atoms with Gasteiger partial charge in [0.1, 0.15) is 10.5 Å². The Hall–Kier alpha value is -1.18. The smallest absolute Gasteiger partial charge is 0.250 e. The molecular formula is C12H16N2O3S2. The summed E-state index contributed by atoms with van der Waals surface area (Å²) in [5.41, 5.74) is 0.751. The van der Waals surface area contributed by atoms with Gasteiger partial charge in [0.2, 0.25) is 10.0 Å². The molecule has 0 aromatic carbocycles. The van der Waals surface area contributed by atoms with Gasteiger partial charge in [0.25, 0.3) is 0 Å². The van der Waals surface area contributed by atoms with E-state index < -0.39 is 10.0 Å². The molecule has 5 nitrogen and oxygen atoms in total. The molecule has 0 bridgehead atoms. The number of aryl methyl sites for hydroxylation is 2. The van der Waals surface area contributed by atoms with Crippen LogP contribution in [0.15, 0.2) is 27.0 Å². The fourth-order valence-corrected chi connectivity index (χ4v) is 3.97. The van der Waals surface area contributed by atoms with Crippen LogP contribution < -0.4 is 4.72 Å². The van der Waals surface area contributed by atoms with Crippen molar-refractivity contribution in [2.75, 3.05) is 6.54 Å². The van der Waals surface area contributed by atoms with Gasteiger partial charge in [-0.2, -0.15) is 0 Å². The fourth-order valence-electron chi connectivity index (χ4n) is 1.60. The van der Waals surface area contributed by atoms with Crippen molar-refractivity contribution in [3.05, 3.63) is 34.9 Å². The lowest BCUT2D eigenvalue weighted by atomic mass is 10.3. The standard InChI is InChI=1S/C12H16N2O3S2/c1-3-11-4-5-12(18-11)19(15,16)13-7-6-10-8-17-9(2)14-10/h4-5,8,13H,3,6-7H2,1-2H3. The van der Waals surface area contributed by atoms with E-state index in [2.05, 4.69) is 9.71 Å². The molecule has 104 valence electrons. The van der Waals surface area contributed by atoms with Crippen molar-refractivity contribution in [3.63, 3.8) is 0 Å². The van der Waals surface area contributed by atoms with E-state index in [9.17, 15) is 8.42 Å². The maximum atomic E-state index is 12.0. The second-order valence-electron chi connectivity index (χ2n) is 4.08. The van der Waals surface area contributed by atoms with E-state index >= 15 is 0 Å². The third-order valence-electron chi connectivity index (χ3n) is 2.59. The number of oxazole rings is 1. The van der Waals surface area contributed by atoms with Crippen LogP contribution in [-0.4, -0.2) is 19.9 Å². The van der Waals surface area contributed by atoms with Crippen LogP contribution in [0.1, 0.15) is 23.4 Å². The summed E-state index contributed by atoms with van der Waals surface area (Å²) in [6.45, 7) is 4.07. The number of nitrogens with zero attached hydrogens (tertiary/aromatic N) is 1. The first kappa shape index (κ1) is 14.2. The second kappa shape index (κ2) is 5.85. The van der Waals surface area contributed by atoms with E-state index in [-0.39, 0.29) is 0 Å². The van der Waals surface area contributed by atoms with Crippen LogP contribution in [0.2, 0.25) is 0 Å². The Labute approximate surface area is 116 Å². The number of sulfonamides is 1. The molecule has 1 N–H and O–H groups in total. The van der Waals surface area contributed by atoms with Gasteiger partial charge >= 0.3 is 0 Å². The Bertz CT molecular complexity index is 643. The number of nitrogens with one attached hydrogen (secondary N) is 1. The van der Waals surface area contributed by atoms with Crippen LogP contribution >= 0.6 is 11.3 Å². The monoisotopic (exact) mass is 300 g/mol. The maximum Gasteiger partial charge on any atom is 0.250 e. The minimum atomic E-state index is -3.40. The van der Waals surface area contributed by atoms with Crippen molar-refractivity contribution in [2.45, 2.75) is 30.9 Å². The van der Waals surface area contributed by atoms with Gasteiger partial charge in [0, 0.05) is 24.8 Å². The second-order valence-corrected chi connectivity index (χ2v) is 7.24. The molecule has 0 amide bonds. The van der Waals surface area contributed by atoms with Crippen molar-refractivity contribution in [2.24, 2.45) is 0 Å². The number of hydrogen-bond acceptors (Lipinski definition) is 5. The van der Waals surface area contributed by atoms with E-state index in [0.29, 0.717) is 23.1 Å². The largest absolute Gasteiger partial charge is 0.449 e. The highest BCUT2D eigenvalue weighted by Gasteiger charge is 2.16.